The fourth-order valence-electron chi connectivity index (χ4n) is 2.25. The molecule has 0 aromatic heterocycles. The van der Waals surface area contributed by atoms with E-state index in [4.69, 9.17) is 0 Å². The van der Waals surface area contributed by atoms with E-state index in [2.05, 4.69) is 15.9 Å². The van der Waals surface area contributed by atoms with Gasteiger partial charge in [0.05, 0.1) is 5.56 Å². The summed E-state index contributed by atoms with van der Waals surface area (Å²) < 4.78 is 0. The van der Waals surface area contributed by atoms with Gasteiger partial charge in [0.15, 0.2) is 0 Å². The molecule has 0 bridgehead atoms. The van der Waals surface area contributed by atoms with Gasteiger partial charge in [0, 0.05) is 23.8 Å². The maximum Gasteiger partial charge on any atom is 0.257 e. The normalized spacial score (nSPS) is 10.7. The first-order chi connectivity index (χ1) is 9.69. The van der Waals surface area contributed by atoms with Crippen LogP contribution >= 0.6 is 15.9 Å². The number of hydrogen-bond donors (Lipinski definition) is 1. The summed E-state index contributed by atoms with van der Waals surface area (Å²) in [4.78, 5) is 14.3. The predicted octanol–water partition coefficient (Wildman–Crippen LogP) is 3.79. The quantitative estimate of drug-likeness (QED) is 0.844. The van der Waals surface area contributed by atoms with Gasteiger partial charge in [0.1, 0.15) is 5.75 Å². The smallest absolute Gasteiger partial charge is 0.257 e. The highest BCUT2D eigenvalue weighted by Gasteiger charge is 2.18. The molecular formula is C16H18BrNO2. The summed E-state index contributed by atoms with van der Waals surface area (Å²) in [5.74, 6) is -0.0397. The number of phenols is 1. The molecule has 0 aliphatic heterocycles. The second kappa shape index (κ2) is 6.75. The monoisotopic (exact) mass is 335 g/mol. The van der Waals surface area contributed by atoms with Crippen molar-refractivity contribution in [3.63, 3.8) is 0 Å². The first kappa shape index (κ1) is 14.9. The van der Waals surface area contributed by atoms with Gasteiger partial charge in [-0.25, -0.2) is 0 Å². The van der Waals surface area contributed by atoms with E-state index in [1.165, 1.54) is 0 Å². The van der Waals surface area contributed by atoms with E-state index in [0.717, 1.165) is 22.5 Å². The van der Waals surface area contributed by atoms with Crippen molar-refractivity contribution < 1.29 is 9.90 Å². The summed E-state index contributed by atoms with van der Waals surface area (Å²) in [6.45, 7) is 3.27. The van der Waals surface area contributed by atoms with Crippen LogP contribution in [0.2, 0.25) is 0 Å². The van der Waals surface area contributed by atoms with Gasteiger partial charge < -0.3 is 10.0 Å². The number of rotatable bonds is 5. The third-order valence-corrected chi connectivity index (χ3v) is 3.92. The Morgan fingerprint density at radius 3 is 2.70 bits per heavy atom. The highest BCUT2D eigenvalue weighted by molar-refractivity contribution is 9.09. The van der Waals surface area contributed by atoms with Crippen LogP contribution in [0.25, 0.3) is 10.8 Å². The fourth-order valence-corrected chi connectivity index (χ4v) is 2.50. The molecule has 0 heterocycles. The Bertz CT molecular complexity index is 612. The summed E-state index contributed by atoms with van der Waals surface area (Å²) in [6.07, 6.45) is 0.897. The number of aromatic hydroxyl groups is 1. The van der Waals surface area contributed by atoms with Gasteiger partial charge in [0.2, 0.25) is 0 Å². The Balaban J connectivity index is 2.36. The van der Waals surface area contributed by atoms with Crippen molar-refractivity contribution in [3.05, 3.63) is 42.0 Å². The molecule has 0 unspecified atom stereocenters. The van der Waals surface area contributed by atoms with E-state index >= 15 is 0 Å². The van der Waals surface area contributed by atoms with Crippen molar-refractivity contribution in [2.75, 3.05) is 18.4 Å². The predicted molar refractivity (Wildman–Crippen MR) is 85.6 cm³/mol. The molecule has 0 aliphatic rings. The minimum Gasteiger partial charge on any atom is -0.506 e. The van der Waals surface area contributed by atoms with E-state index in [-0.39, 0.29) is 11.7 Å². The van der Waals surface area contributed by atoms with E-state index < -0.39 is 0 Å². The van der Waals surface area contributed by atoms with Crippen LogP contribution in [-0.2, 0) is 0 Å². The average Bonchev–Trinajstić information content (AvgIpc) is 2.48. The highest BCUT2D eigenvalue weighted by atomic mass is 79.9. The van der Waals surface area contributed by atoms with E-state index in [0.29, 0.717) is 18.7 Å². The summed E-state index contributed by atoms with van der Waals surface area (Å²) >= 11 is 3.37. The molecule has 0 radical (unpaired) electrons. The standard InChI is InChI=1S/C16H18BrNO2/c1-2-18(11-5-10-17)16(20)14-9-8-12-6-3-4-7-13(12)15(14)19/h3-4,6-9,19H,2,5,10-11H2,1H3. The lowest BCUT2D eigenvalue weighted by atomic mass is 10.0. The van der Waals surface area contributed by atoms with Crippen LogP contribution in [0.3, 0.4) is 0 Å². The molecule has 0 aliphatic carbocycles. The van der Waals surface area contributed by atoms with Crippen LogP contribution in [0, 0.1) is 0 Å². The number of carbonyl (C=O) groups is 1. The SMILES string of the molecule is CCN(CCCBr)C(=O)c1ccc2ccccc2c1O. The maximum atomic E-state index is 12.5. The number of nitrogens with zero attached hydrogens (tertiary/aromatic N) is 1. The largest absolute Gasteiger partial charge is 0.506 e. The number of halogens is 1. The molecule has 0 saturated heterocycles. The zero-order chi connectivity index (χ0) is 14.5. The zero-order valence-electron chi connectivity index (χ0n) is 11.5. The number of amides is 1. The van der Waals surface area contributed by atoms with Crippen molar-refractivity contribution in [3.8, 4) is 5.75 Å². The second-order valence-corrected chi connectivity index (χ2v) is 5.40. The van der Waals surface area contributed by atoms with Crippen LogP contribution in [0.1, 0.15) is 23.7 Å². The zero-order valence-corrected chi connectivity index (χ0v) is 13.1. The Hall–Kier alpha value is -1.55. The highest BCUT2D eigenvalue weighted by Crippen LogP contribution is 2.29. The molecule has 3 nitrogen and oxygen atoms in total. The topological polar surface area (TPSA) is 40.5 Å². The molecule has 4 heteroatoms. The molecule has 0 atom stereocenters. The van der Waals surface area contributed by atoms with Crippen molar-refractivity contribution >= 4 is 32.6 Å². The average molecular weight is 336 g/mol. The van der Waals surface area contributed by atoms with Crippen LogP contribution in [0.15, 0.2) is 36.4 Å². The lowest BCUT2D eigenvalue weighted by Crippen LogP contribution is -2.32. The fraction of sp³-hybridized carbons (Fsp3) is 0.312. The van der Waals surface area contributed by atoms with E-state index in [1.807, 2.05) is 37.3 Å². The van der Waals surface area contributed by atoms with Gasteiger partial charge in [-0.2, -0.15) is 0 Å². The van der Waals surface area contributed by atoms with Gasteiger partial charge in [-0.1, -0.05) is 46.3 Å². The first-order valence-electron chi connectivity index (χ1n) is 6.75. The molecule has 2 aromatic rings. The summed E-state index contributed by atoms with van der Waals surface area (Å²) in [6, 6.07) is 11.1. The lowest BCUT2D eigenvalue weighted by Gasteiger charge is -2.21. The third-order valence-electron chi connectivity index (χ3n) is 3.36. The minimum atomic E-state index is -0.114. The van der Waals surface area contributed by atoms with Crippen molar-refractivity contribution in [2.24, 2.45) is 0 Å². The van der Waals surface area contributed by atoms with Crippen molar-refractivity contribution in [1.82, 2.24) is 4.90 Å². The van der Waals surface area contributed by atoms with Gasteiger partial charge >= 0.3 is 0 Å². The van der Waals surface area contributed by atoms with Gasteiger partial charge in [0.25, 0.3) is 5.91 Å². The molecule has 0 saturated carbocycles. The molecule has 106 valence electrons. The Morgan fingerprint density at radius 1 is 1.25 bits per heavy atom. The van der Waals surface area contributed by atoms with E-state index in [1.54, 1.807) is 11.0 Å². The minimum absolute atomic E-state index is 0.0744. The molecular weight excluding hydrogens is 318 g/mol. The number of phenolic OH excluding ortho intramolecular Hbond substituents is 1. The van der Waals surface area contributed by atoms with Gasteiger partial charge in [-0.05, 0) is 24.8 Å². The molecule has 0 fully saturated rings. The molecule has 1 amide bonds. The molecule has 2 aromatic carbocycles. The Labute approximate surface area is 127 Å². The Kier molecular flexibility index (Phi) is 5.01. The molecule has 1 N–H and O–H groups in total. The third kappa shape index (κ3) is 2.96. The van der Waals surface area contributed by atoms with Crippen LogP contribution in [0.5, 0.6) is 5.75 Å². The molecule has 20 heavy (non-hydrogen) atoms. The van der Waals surface area contributed by atoms with Gasteiger partial charge in [-0.3, -0.25) is 4.79 Å². The summed E-state index contributed by atoms with van der Waals surface area (Å²) in [5, 5.41) is 12.8. The first-order valence-corrected chi connectivity index (χ1v) is 7.87. The maximum absolute atomic E-state index is 12.5. The lowest BCUT2D eigenvalue weighted by molar-refractivity contribution is 0.0762. The van der Waals surface area contributed by atoms with Crippen LogP contribution in [0.4, 0.5) is 0 Å². The van der Waals surface area contributed by atoms with E-state index in [9.17, 15) is 9.90 Å². The number of alkyl halides is 1. The number of carbonyl (C=O) groups excluding carboxylic acids is 1. The van der Waals surface area contributed by atoms with Crippen LogP contribution < -0.4 is 0 Å². The number of benzene rings is 2. The Morgan fingerprint density at radius 2 is 2.00 bits per heavy atom. The van der Waals surface area contributed by atoms with Gasteiger partial charge in [-0.15, -0.1) is 0 Å². The molecule has 2 rings (SSSR count). The second-order valence-electron chi connectivity index (χ2n) is 4.61. The summed E-state index contributed by atoms with van der Waals surface area (Å²) in [5.41, 5.74) is 0.375. The summed E-state index contributed by atoms with van der Waals surface area (Å²) in [7, 11) is 0. The molecule has 0 spiro atoms. The van der Waals surface area contributed by atoms with Crippen molar-refractivity contribution in [1.29, 1.82) is 0 Å². The number of fused-ring (bicyclic) bond motifs is 1. The number of hydrogen-bond acceptors (Lipinski definition) is 2. The van der Waals surface area contributed by atoms with Crippen LogP contribution in [-0.4, -0.2) is 34.3 Å². The van der Waals surface area contributed by atoms with Crippen molar-refractivity contribution in [2.45, 2.75) is 13.3 Å².